The van der Waals surface area contributed by atoms with Crippen molar-refractivity contribution >= 4 is 17.4 Å². The smallest absolute Gasteiger partial charge is 0.239 e. The van der Waals surface area contributed by atoms with E-state index >= 15 is 0 Å². The van der Waals surface area contributed by atoms with Crippen molar-refractivity contribution in [1.82, 2.24) is 15.5 Å². The zero-order chi connectivity index (χ0) is 19.2. The van der Waals surface area contributed by atoms with Gasteiger partial charge in [0.2, 0.25) is 5.91 Å². The summed E-state index contributed by atoms with van der Waals surface area (Å²) in [6, 6.07) is 8.13. The quantitative estimate of drug-likeness (QED) is 0.640. The Kier molecular flexibility index (Phi) is 6.66. The number of hydrogen-bond donors (Lipinski definition) is 2. The van der Waals surface area contributed by atoms with Crippen LogP contribution >= 0.6 is 0 Å². The van der Waals surface area contributed by atoms with E-state index in [2.05, 4.69) is 38.7 Å². The zero-order valence-corrected chi connectivity index (χ0v) is 16.4. The SMILES string of the molecule is CN=C(NCC(=O)NC(C)(C)C)N1CC=C(c2cccc(OC)c2)CC1. The Hall–Kier alpha value is -2.50. The largest absolute Gasteiger partial charge is 0.497 e. The number of methoxy groups -OCH3 is 1. The van der Waals surface area contributed by atoms with Crippen LogP contribution in [0.2, 0.25) is 0 Å². The number of ether oxygens (including phenoxy) is 1. The third-order valence-electron chi connectivity index (χ3n) is 4.08. The number of aliphatic imine (C=N–C) groups is 1. The molecule has 0 aliphatic carbocycles. The summed E-state index contributed by atoms with van der Waals surface area (Å²) in [6.45, 7) is 7.73. The number of carbonyl (C=O) groups is 1. The number of amides is 1. The van der Waals surface area contributed by atoms with Crippen molar-refractivity contribution in [2.45, 2.75) is 32.7 Å². The fourth-order valence-corrected chi connectivity index (χ4v) is 2.90. The van der Waals surface area contributed by atoms with Crippen LogP contribution in [-0.2, 0) is 4.79 Å². The molecule has 26 heavy (non-hydrogen) atoms. The molecule has 0 atom stereocenters. The first-order valence-corrected chi connectivity index (χ1v) is 8.92. The normalized spacial score (nSPS) is 15.3. The summed E-state index contributed by atoms with van der Waals surface area (Å²) >= 11 is 0. The Morgan fingerprint density at radius 1 is 1.35 bits per heavy atom. The van der Waals surface area contributed by atoms with Gasteiger partial charge >= 0.3 is 0 Å². The first-order chi connectivity index (χ1) is 12.3. The molecule has 2 N–H and O–H groups in total. The molecule has 6 nitrogen and oxygen atoms in total. The van der Waals surface area contributed by atoms with Crippen molar-refractivity contribution < 1.29 is 9.53 Å². The lowest BCUT2D eigenvalue weighted by Crippen LogP contribution is -2.49. The Balaban J connectivity index is 1.94. The van der Waals surface area contributed by atoms with Crippen LogP contribution in [0.3, 0.4) is 0 Å². The third kappa shape index (κ3) is 5.79. The summed E-state index contributed by atoms with van der Waals surface area (Å²) < 4.78 is 5.31. The van der Waals surface area contributed by atoms with Gasteiger partial charge in [-0.1, -0.05) is 18.2 Å². The van der Waals surface area contributed by atoms with Crippen molar-refractivity contribution in [3.05, 3.63) is 35.9 Å². The summed E-state index contributed by atoms with van der Waals surface area (Å²) in [7, 11) is 3.42. The molecule has 1 aromatic rings. The highest BCUT2D eigenvalue weighted by Gasteiger charge is 2.18. The van der Waals surface area contributed by atoms with Gasteiger partial charge < -0.3 is 20.3 Å². The second-order valence-corrected chi connectivity index (χ2v) is 7.36. The second kappa shape index (κ2) is 8.74. The number of guanidine groups is 1. The topological polar surface area (TPSA) is 66.0 Å². The van der Waals surface area contributed by atoms with E-state index in [1.165, 1.54) is 11.1 Å². The molecular weight excluding hydrogens is 328 g/mol. The van der Waals surface area contributed by atoms with Gasteiger partial charge in [-0.05, 0) is 50.5 Å². The summed E-state index contributed by atoms with van der Waals surface area (Å²) in [5, 5.41) is 6.09. The maximum absolute atomic E-state index is 12.0. The summed E-state index contributed by atoms with van der Waals surface area (Å²) in [4.78, 5) is 18.4. The Bertz CT molecular complexity index is 689. The van der Waals surface area contributed by atoms with Crippen LogP contribution < -0.4 is 15.4 Å². The minimum absolute atomic E-state index is 0.0386. The van der Waals surface area contributed by atoms with E-state index < -0.39 is 0 Å². The molecule has 142 valence electrons. The first-order valence-electron chi connectivity index (χ1n) is 8.92. The van der Waals surface area contributed by atoms with Gasteiger partial charge in [0.05, 0.1) is 13.7 Å². The molecule has 0 unspecified atom stereocenters. The highest BCUT2D eigenvalue weighted by Crippen LogP contribution is 2.25. The standard InChI is InChI=1S/C20H30N4O2/c1-20(2,3)23-18(25)14-22-19(21-4)24-11-9-15(10-12-24)16-7-6-8-17(13-16)26-5/h6-9,13H,10-12,14H2,1-5H3,(H,21,22)(H,23,25). The van der Waals surface area contributed by atoms with Gasteiger partial charge in [0.1, 0.15) is 5.75 Å². The molecule has 0 saturated carbocycles. The molecule has 6 heteroatoms. The van der Waals surface area contributed by atoms with Crippen LogP contribution in [0.1, 0.15) is 32.8 Å². The molecule has 0 radical (unpaired) electrons. The fraction of sp³-hybridized carbons (Fsp3) is 0.500. The van der Waals surface area contributed by atoms with E-state index in [1.54, 1.807) is 14.2 Å². The highest BCUT2D eigenvalue weighted by molar-refractivity contribution is 5.87. The van der Waals surface area contributed by atoms with Gasteiger partial charge in [0.15, 0.2) is 5.96 Å². The lowest BCUT2D eigenvalue weighted by molar-refractivity contribution is -0.121. The lowest BCUT2D eigenvalue weighted by Gasteiger charge is -2.30. The van der Waals surface area contributed by atoms with Crippen molar-refractivity contribution in [2.24, 2.45) is 4.99 Å². The van der Waals surface area contributed by atoms with E-state index in [0.717, 1.165) is 31.2 Å². The maximum atomic E-state index is 12.0. The van der Waals surface area contributed by atoms with Gasteiger partial charge in [0.25, 0.3) is 0 Å². The average molecular weight is 358 g/mol. The Labute approximate surface area is 156 Å². The molecular formula is C20H30N4O2. The molecule has 0 bridgehead atoms. The van der Waals surface area contributed by atoms with Crippen LogP contribution in [0.5, 0.6) is 5.75 Å². The minimum atomic E-state index is -0.234. The molecule has 1 aliphatic heterocycles. The molecule has 0 spiro atoms. The number of benzene rings is 1. The summed E-state index contributed by atoms with van der Waals surface area (Å²) in [5.74, 6) is 1.58. The number of hydrogen-bond acceptors (Lipinski definition) is 3. The lowest BCUT2D eigenvalue weighted by atomic mass is 9.99. The van der Waals surface area contributed by atoms with Crippen LogP contribution in [0.25, 0.3) is 5.57 Å². The van der Waals surface area contributed by atoms with Gasteiger partial charge in [-0.2, -0.15) is 0 Å². The average Bonchev–Trinajstić information content (AvgIpc) is 2.61. The number of carbonyl (C=O) groups excluding carboxylic acids is 1. The predicted molar refractivity (Wildman–Crippen MR) is 106 cm³/mol. The highest BCUT2D eigenvalue weighted by atomic mass is 16.5. The van der Waals surface area contributed by atoms with Gasteiger partial charge in [-0.15, -0.1) is 0 Å². The maximum Gasteiger partial charge on any atom is 0.239 e. The Morgan fingerprint density at radius 2 is 2.12 bits per heavy atom. The number of nitrogens with zero attached hydrogens (tertiary/aromatic N) is 2. The Morgan fingerprint density at radius 3 is 2.69 bits per heavy atom. The van der Waals surface area contributed by atoms with Gasteiger partial charge in [-0.25, -0.2) is 0 Å². The van der Waals surface area contributed by atoms with Crippen molar-refractivity contribution in [3.63, 3.8) is 0 Å². The summed E-state index contributed by atoms with van der Waals surface area (Å²) in [5.41, 5.74) is 2.26. The van der Waals surface area contributed by atoms with Crippen LogP contribution in [-0.4, -0.2) is 56.1 Å². The van der Waals surface area contributed by atoms with Crippen molar-refractivity contribution in [3.8, 4) is 5.75 Å². The number of rotatable bonds is 4. The fourth-order valence-electron chi connectivity index (χ4n) is 2.90. The molecule has 1 aromatic carbocycles. The molecule has 1 amide bonds. The molecule has 0 fully saturated rings. The number of nitrogens with one attached hydrogen (secondary N) is 2. The van der Waals surface area contributed by atoms with Crippen molar-refractivity contribution in [1.29, 1.82) is 0 Å². The molecule has 1 aliphatic rings. The van der Waals surface area contributed by atoms with Crippen LogP contribution in [0, 0.1) is 0 Å². The monoisotopic (exact) mass is 358 g/mol. The van der Waals surface area contributed by atoms with E-state index in [9.17, 15) is 4.79 Å². The minimum Gasteiger partial charge on any atom is -0.497 e. The second-order valence-electron chi connectivity index (χ2n) is 7.36. The molecule has 1 heterocycles. The third-order valence-corrected chi connectivity index (χ3v) is 4.08. The predicted octanol–water partition coefficient (Wildman–Crippen LogP) is 2.27. The first kappa shape index (κ1) is 19.8. The van der Waals surface area contributed by atoms with E-state index in [1.807, 2.05) is 32.9 Å². The van der Waals surface area contributed by atoms with Crippen LogP contribution in [0.4, 0.5) is 0 Å². The van der Waals surface area contributed by atoms with Crippen LogP contribution in [0.15, 0.2) is 35.3 Å². The molecule has 0 aromatic heterocycles. The van der Waals surface area contributed by atoms with Gasteiger partial charge in [-0.3, -0.25) is 9.79 Å². The van der Waals surface area contributed by atoms with E-state index in [-0.39, 0.29) is 18.0 Å². The van der Waals surface area contributed by atoms with Crippen molar-refractivity contribution in [2.75, 3.05) is 33.8 Å². The van der Waals surface area contributed by atoms with Gasteiger partial charge in [0, 0.05) is 25.7 Å². The zero-order valence-electron chi connectivity index (χ0n) is 16.4. The van der Waals surface area contributed by atoms with E-state index in [0.29, 0.717) is 0 Å². The van der Waals surface area contributed by atoms with E-state index in [4.69, 9.17) is 4.74 Å². The molecule has 2 rings (SSSR count). The molecule has 0 saturated heterocycles. The summed E-state index contributed by atoms with van der Waals surface area (Å²) in [6.07, 6.45) is 3.13.